The van der Waals surface area contributed by atoms with Crippen LogP contribution in [-0.4, -0.2) is 39.7 Å². The second kappa shape index (κ2) is 12.2. The fourth-order valence-corrected chi connectivity index (χ4v) is 7.08. The van der Waals surface area contributed by atoms with Gasteiger partial charge in [-0.15, -0.1) is 10.2 Å². The Labute approximate surface area is 258 Å². The third-order valence-corrected chi connectivity index (χ3v) is 9.47. The molecule has 1 aromatic heterocycles. The van der Waals surface area contributed by atoms with Crippen LogP contribution in [0, 0.1) is 6.92 Å². The Bertz CT molecular complexity index is 1720. The fourth-order valence-electron chi connectivity index (χ4n) is 5.25. The first kappa shape index (κ1) is 28.9. The monoisotopic (exact) mass is 613 g/mol. The molecule has 1 fully saturated rings. The third kappa shape index (κ3) is 5.89. The van der Waals surface area contributed by atoms with E-state index in [0.717, 1.165) is 23.3 Å². The van der Waals surface area contributed by atoms with Gasteiger partial charge in [-0.2, -0.15) is 0 Å². The lowest BCUT2D eigenvalue weighted by Crippen LogP contribution is -2.29. The highest BCUT2D eigenvalue weighted by Crippen LogP contribution is 2.45. The summed E-state index contributed by atoms with van der Waals surface area (Å²) in [5.41, 5.74) is 4.34. The van der Waals surface area contributed by atoms with Crippen molar-refractivity contribution in [1.29, 1.82) is 0 Å². The first-order valence-electron chi connectivity index (χ1n) is 14.2. The number of rotatable bonds is 9. The summed E-state index contributed by atoms with van der Waals surface area (Å²) in [6.07, 6.45) is 1.55. The van der Waals surface area contributed by atoms with Crippen LogP contribution in [0.15, 0.2) is 76.6 Å². The van der Waals surface area contributed by atoms with Gasteiger partial charge >= 0.3 is 5.91 Å². The molecule has 8 nitrogen and oxygen atoms in total. The molecule has 0 aliphatic carbocycles. The molecule has 0 unspecified atom stereocenters. The molecule has 1 amide bonds. The Kier molecular flexibility index (Phi) is 8.23. The van der Waals surface area contributed by atoms with Crippen LogP contribution in [-0.2, 0) is 21.8 Å². The highest BCUT2D eigenvalue weighted by atomic mass is 32.2. The normalized spacial score (nSPS) is 19.0. The minimum Gasteiger partial charge on any atom is -0.507 e. The molecule has 0 bridgehead atoms. The zero-order valence-electron chi connectivity index (χ0n) is 24.1. The summed E-state index contributed by atoms with van der Waals surface area (Å²) < 4.78 is 12.4. The van der Waals surface area contributed by atoms with Gasteiger partial charge in [0.15, 0.2) is 4.34 Å². The lowest BCUT2D eigenvalue weighted by Gasteiger charge is -2.23. The van der Waals surface area contributed by atoms with Gasteiger partial charge in [-0.25, -0.2) is 0 Å². The molecule has 4 aromatic rings. The van der Waals surface area contributed by atoms with E-state index in [1.54, 1.807) is 18.2 Å². The van der Waals surface area contributed by atoms with E-state index in [9.17, 15) is 14.7 Å². The Balaban J connectivity index is 1.39. The van der Waals surface area contributed by atoms with Gasteiger partial charge in [0, 0.05) is 17.7 Å². The fraction of sp³-hybridized carbons (Fsp3) is 0.273. The van der Waals surface area contributed by atoms with E-state index in [2.05, 4.69) is 34.5 Å². The van der Waals surface area contributed by atoms with Crippen LogP contribution in [0.3, 0.4) is 0 Å². The van der Waals surface area contributed by atoms with Gasteiger partial charge in [0.2, 0.25) is 5.13 Å². The van der Waals surface area contributed by atoms with Gasteiger partial charge < -0.3 is 14.6 Å². The predicted molar refractivity (Wildman–Crippen MR) is 168 cm³/mol. The second-order valence-electron chi connectivity index (χ2n) is 10.7. The Morgan fingerprint density at radius 2 is 1.93 bits per heavy atom. The largest absolute Gasteiger partial charge is 0.507 e. The number of ketones is 1. The van der Waals surface area contributed by atoms with Gasteiger partial charge in [-0.3, -0.25) is 14.5 Å². The van der Waals surface area contributed by atoms with Gasteiger partial charge in [-0.1, -0.05) is 72.0 Å². The number of Topliss-reactive ketones (excluding diaryl/α,β-unsaturated/α-hetero) is 1. The van der Waals surface area contributed by atoms with Crippen molar-refractivity contribution in [3.63, 3.8) is 0 Å². The maximum absolute atomic E-state index is 13.7. The molecule has 3 aromatic carbocycles. The Morgan fingerprint density at radius 1 is 1.12 bits per heavy atom. The number of ether oxygens (including phenoxy) is 2. The number of nitrogens with zero attached hydrogens (tertiary/aromatic N) is 3. The summed E-state index contributed by atoms with van der Waals surface area (Å²) in [5.74, 6) is 0.264. The van der Waals surface area contributed by atoms with Crippen LogP contribution in [0.25, 0.3) is 5.76 Å². The highest BCUT2D eigenvalue weighted by Gasteiger charge is 2.48. The number of aryl methyl sites for hydroxylation is 1. The quantitative estimate of drug-likeness (QED) is 0.0717. The molecule has 2 aliphatic rings. The number of hydrogen-bond donors (Lipinski definition) is 1. The highest BCUT2D eigenvalue weighted by molar-refractivity contribution is 8.00. The maximum Gasteiger partial charge on any atom is 0.301 e. The molecule has 43 heavy (non-hydrogen) atoms. The van der Waals surface area contributed by atoms with Crippen molar-refractivity contribution < 1.29 is 24.2 Å². The van der Waals surface area contributed by atoms with E-state index in [1.807, 2.05) is 45.0 Å². The van der Waals surface area contributed by atoms with E-state index in [4.69, 9.17) is 9.47 Å². The van der Waals surface area contributed by atoms with E-state index >= 15 is 0 Å². The topological polar surface area (TPSA) is 102 Å². The van der Waals surface area contributed by atoms with Crippen molar-refractivity contribution in [2.45, 2.75) is 55.9 Å². The molecule has 0 radical (unpaired) electrons. The van der Waals surface area contributed by atoms with Crippen LogP contribution in [0.5, 0.6) is 11.5 Å². The van der Waals surface area contributed by atoms with E-state index in [1.165, 1.54) is 33.6 Å². The molecule has 1 saturated heterocycles. The summed E-state index contributed by atoms with van der Waals surface area (Å²) >= 11 is 2.76. The lowest BCUT2D eigenvalue weighted by molar-refractivity contribution is -0.132. The van der Waals surface area contributed by atoms with Gasteiger partial charge in [0.25, 0.3) is 5.78 Å². The van der Waals surface area contributed by atoms with Crippen molar-refractivity contribution in [3.05, 3.63) is 100 Å². The number of aromatic nitrogens is 2. The number of hydrogen-bond acceptors (Lipinski definition) is 9. The minimum absolute atomic E-state index is 0.00591. The predicted octanol–water partition coefficient (Wildman–Crippen LogP) is 6.88. The summed E-state index contributed by atoms with van der Waals surface area (Å²) in [6.45, 7) is 6.57. The molecule has 3 heterocycles. The van der Waals surface area contributed by atoms with Crippen LogP contribution >= 0.6 is 23.1 Å². The number of carbonyl (C=O) groups excluding carboxylic acids is 2. The Hall–Kier alpha value is -4.15. The van der Waals surface area contributed by atoms with Gasteiger partial charge in [0.1, 0.15) is 23.4 Å². The summed E-state index contributed by atoms with van der Waals surface area (Å²) in [4.78, 5) is 28.7. The van der Waals surface area contributed by atoms with Crippen molar-refractivity contribution in [2.75, 3.05) is 11.5 Å². The molecule has 0 saturated carbocycles. The maximum atomic E-state index is 13.7. The second-order valence-corrected chi connectivity index (χ2v) is 12.8. The van der Waals surface area contributed by atoms with Crippen molar-refractivity contribution >= 4 is 45.7 Å². The van der Waals surface area contributed by atoms with Crippen molar-refractivity contribution in [1.82, 2.24) is 10.2 Å². The summed E-state index contributed by atoms with van der Waals surface area (Å²) in [5, 5.41) is 20.6. The third-order valence-electron chi connectivity index (χ3n) is 7.35. The average molecular weight is 614 g/mol. The van der Waals surface area contributed by atoms with Crippen LogP contribution < -0.4 is 14.4 Å². The number of aliphatic hydroxyl groups is 1. The Morgan fingerprint density at radius 3 is 2.72 bits per heavy atom. The van der Waals surface area contributed by atoms with Crippen LogP contribution in [0.4, 0.5) is 5.13 Å². The first-order valence-corrected chi connectivity index (χ1v) is 16.0. The minimum atomic E-state index is -0.920. The smallest absolute Gasteiger partial charge is 0.301 e. The van der Waals surface area contributed by atoms with Gasteiger partial charge in [0.05, 0.1) is 18.2 Å². The number of anilines is 1. The lowest BCUT2D eigenvalue weighted by atomic mass is 9.94. The standard InChI is InChI=1S/C33H31N3O5S2/c1-4-14-40-25-7-5-6-22(17-25)28-27(29(37)23-12-13-26-24(16-23)15-20(3)41-26)30(38)31(39)36(28)32-34-35-33(43-32)42-18-21-10-8-19(2)9-11-21/h5-13,16-17,20,28,37H,4,14-15,18H2,1-3H3/b29-27+/t20-,28+/m0/s1. The zero-order valence-corrected chi connectivity index (χ0v) is 25.7. The molecule has 220 valence electrons. The summed E-state index contributed by atoms with van der Waals surface area (Å²) in [7, 11) is 0. The number of fused-ring (bicyclic) bond motifs is 1. The van der Waals surface area contributed by atoms with E-state index < -0.39 is 17.7 Å². The van der Waals surface area contributed by atoms with E-state index in [-0.39, 0.29) is 22.6 Å². The molecular formula is C33H31N3O5S2. The molecular weight excluding hydrogens is 583 g/mol. The molecule has 2 aliphatic heterocycles. The number of amides is 1. The number of benzene rings is 3. The van der Waals surface area contributed by atoms with Crippen LogP contribution in [0.1, 0.15) is 54.1 Å². The molecule has 2 atom stereocenters. The summed E-state index contributed by atoms with van der Waals surface area (Å²) in [6, 6.07) is 20.0. The van der Waals surface area contributed by atoms with Gasteiger partial charge in [-0.05, 0) is 67.3 Å². The SMILES string of the molecule is CCCOc1cccc([C@@H]2/C(=C(\O)c3ccc4c(c3)C[C@H](C)O4)C(=O)C(=O)N2c2nnc(SCc3ccc(C)cc3)s2)c1. The molecule has 10 heteroatoms. The molecule has 0 spiro atoms. The zero-order chi connectivity index (χ0) is 30.1. The number of aliphatic hydroxyl groups excluding tert-OH is 1. The average Bonchev–Trinajstić information content (AvgIpc) is 3.70. The first-order chi connectivity index (χ1) is 20.8. The molecule has 1 N–H and O–H groups in total. The number of carbonyl (C=O) groups is 2. The van der Waals surface area contributed by atoms with E-state index in [0.29, 0.717) is 40.0 Å². The number of thioether (sulfide) groups is 1. The van der Waals surface area contributed by atoms with Crippen molar-refractivity contribution in [3.8, 4) is 11.5 Å². The molecule has 6 rings (SSSR count). The van der Waals surface area contributed by atoms with Crippen molar-refractivity contribution in [2.24, 2.45) is 0 Å². The van der Waals surface area contributed by atoms with Crippen LogP contribution in [0.2, 0.25) is 0 Å².